The van der Waals surface area contributed by atoms with Crippen LogP contribution in [-0.2, 0) is 13.1 Å². The van der Waals surface area contributed by atoms with Gasteiger partial charge in [-0.3, -0.25) is 28.9 Å². The Hall–Kier alpha value is -5.32. The predicted molar refractivity (Wildman–Crippen MR) is 179 cm³/mol. The van der Waals surface area contributed by atoms with Gasteiger partial charge in [0.2, 0.25) is 0 Å². The number of amides is 2. The number of halogens is 2. The van der Waals surface area contributed by atoms with Crippen molar-refractivity contribution < 1.29 is 9.59 Å². The number of carbonyl (C=O) groups is 2. The van der Waals surface area contributed by atoms with E-state index in [9.17, 15) is 9.59 Å². The van der Waals surface area contributed by atoms with E-state index in [1.807, 2.05) is 24.3 Å². The minimum atomic E-state index is -0.287. The number of hydrogen-bond donors (Lipinski definition) is 2. The Morgan fingerprint density at radius 3 is 1.30 bits per heavy atom. The molecule has 0 saturated carbocycles. The summed E-state index contributed by atoms with van der Waals surface area (Å²) in [5.41, 5.74) is 5.13. The number of unbranched alkanes of at least 4 members (excludes halogenated alkanes) is 1. The van der Waals surface area contributed by atoms with Gasteiger partial charge in [0.1, 0.15) is 11.4 Å². The summed E-state index contributed by atoms with van der Waals surface area (Å²) in [6.45, 7) is 0.943. The lowest BCUT2D eigenvalue weighted by Crippen LogP contribution is -2.19. The summed E-state index contributed by atoms with van der Waals surface area (Å²) in [5, 5.41) is 16.5. The Morgan fingerprint density at radius 1 is 0.565 bits per heavy atom. The molecule has 0 radical (unpaired) electrons. The van der Waals surface area contributed by atoms with E-state index in [0.29, 0.717) is 70.1 Å². The first kappa shape index (κ1) is 30.7. The first-order valence-corrected chi connectivity index (χ1v) is 15.3. The number of pyridine rings is 2. The second-order valence-corrected chi connectivity index (χ2v) is 11.2. The molecule has 12 heteroatoms. The van der Waals surface area contributed by atoms with Crippen LogP contribution in [0.15, 0.2) is 110 Å². The van der Waals surface area contributed by atoms with Crippen molar-refractivity contribution in [3.05, 3.63) is 131 Å². The lowest BCUT2D eigenvalue weighted by molar-refractivity contribution is 0.100. The number of hydrogen-bond acceptors (Lipinski definition) is 6. The molecular weight excluding hydrogens is 623 g/mol. The Balaban J connectivity index is 1.19. The third-order valence-corrected chi connectivity index (χ3v) is 7.68. The molecule has 0 aliphatic carbocycles. The van der Waals surface area contributed by atoms with Gasteiger partial charge in [-0.15, -0.1) is 0 Å². The third kappa shape index (κ3) is 7.48. The largest absolute Gasteiger partial charge is 0.321 e. The molecule has 0 saturated heterocycles. The number of nitrogens with zero attached hydrogens (tertiary/aromatic N) is 6. The highest BCUT2D eigenvalue weighted by Gasteiger charge is 2.19. The molecule has 0 fully saturated rings. The van der Waals surface area contributed by atoms with Crippen LogP contribution in [0.4, 0.5) is 11.4 Å². The van der Waals surface area contributed by atoms with E-state index in [0.717, 1.165) is 11.1 Å². The molecule has 230 valence electrons. The van der Waals surface area contributed by atoms with E-state index >= 15 is 0 Å². The summed E-state index contributed by atoms with van der Waals surface area (Å²) in [6, 6.07) is 24.8. The summed E-state index contributed by atoms with van der Waals surface area (Å²) in [7, 11) is 0. The maximum Gasteiger partial charge on any atom is 0.273 e. The number of aryl methyl sites for hydroxylation is 2. The van der Waals surface area contributed by atoms with Crippen LogP contribution in [0.2, 0.25) is 10.0 Å². The van der Waals surface area contributed by atoms with Crippen LogP contribution in [0.1, 0.15) is 33.8 Å². The molecular formula is C34H28Cl2N8O2. The van der Waals surface area contributed by atoms with Crippen LogP contribution in [0, 0.1) is 0 Å². The summed E-state index contributed by atoms with van der Waals surface area (Å²) < 4.78 is 3.42. The van der Waals surface area contributed by atoms with Crippen molar-refractivity contribution in [1.82, 2.24) is 29.5 Å². The number of nitrogens with one attached hydrogen (secondary N) is 2. The molecule has 6 aromatic rings. The fourth-order valence-corrected chi connectivity index (χ4v) is 5.10. The Kier molecular flexibility index (Phi) is 9.47. The molecule has 0 atom stereocenters. The van der Waals surface area contributed by atoms with Crippen LogP contribution in [0.5, 0.6) is 0 Å². The summed E-state index contributed by atoms with van der Waals surface area (Å²) in [6.07, 6.45) is 8.09. The zero-order valence-corrected chi connectivity index (χ0v) is 26.0. The highest BCUT2D eigenvalue weighted by atomic mass is 35.5. The molecule has 4 heterocycles. The van der Waals surface area contributed by atoms with Crippen LogP contribution in [0.3, 0.4) is 0 Å². The number of aromatic nitrogens is 6. The SMILES string of the molecule is O=C(Nc1ccc(Cl)cc1)c1cc(-c2ccncc2)nn1CCCCn1nc(-c2ccncc2)cc1C(=O)Nc1ccc(Cl)cc1. The second kappa shape index (κ2) is 14.2. The number of rotatable bonds is 11. The topological polar surface area (TPSA) is 120 Å². The first-order chi connectivity index (χ1) is 22.4. The molecule has 0 unspecified atom stereocenters. The lowest BCUT2D eigenvalue weighted by Gasteiger charge is -2.10. The molecule has 0 aliphatic rings. The first-order valence-electron chi connectivity index (χ1n) is 14.5. The maximum absolute atomic E-state index is 13.4. The predicted octanol–water partition coefficient (Wildman–Crippen LogP) is 7.50. The van der Waals surface area contributed by atoms with E-state index in [2.05, 4.69) is 20.6 Å². The van der Waals surface area contributed by atoms with Gasteiger partial charge in [-0.1, -0.05) is 23.2 Å². The molecule has 4 aromatic heterocycles. The van der Waals surface area contributed by atoms with E-state index in [1.165, 1.54) is 0 Å². The maximum atomic E-state index is 13.4. The fraction of sp³-hybridized carbons (Fsp3) is 0.118. The van der Waals surface area contributed by atoms with E-state index in [4.69, 9.17) is 33.4 Å². The van der Waals surface area contributed by atoms with E-state index in [1.54, 1.807) is 94.8 Å². The number of benzene rings is 2. The molecule has 6 rings (SSSR count). The van der Waals surface area contributed by atoms with Gasteiger partial charge in [0.15, 0.2) is 0 Å². The smallest absolute Gasteiger partial charge is 0.273 e. The normalized spacial score (nSPS) is 10.9. The van der Waals surface area contributed by atoms with Gasteiger partial charge in [0.25, 0.3) is 11.8 Å². The van der Waals surface area contributed by atoms with Gasteiger partial charge >= 0.3 is 0 Å². The molecule has 0 bridgehead atoms. The van der Waals surface area contributed by atoms with Crippen molar-refractivity contribution in [2.75, 3.05) is 10.6 Å². The van der Waals surface area contributed by atoms with Crippen LogP contribution in [-0.4, -0.2) is 41.3 Å². The van der Waals surface area contributed by atoms with Crippen LogP contribution < -0.4 is 10.6 Å². The molecule has 0 spiro atoms. The van der Waals surface area contributed by atoms with Gasteiger partial charge in [-0.25, -0.2) is 0 Å². The highest BCUT2D eigenvalue weighted by molar-refractivity contribution is 6.31. The molecule has 2 N–H and O–H groups in total. The second-order valence-electron chi connectivity index (χ2n) is 10.4. The quantitative estimate of drug-likeness (QED) is 0.140. The van der Waals surface area contributed by atoms with E-state index < -0.39 is 0 Å². The van der Waals surface area contributed by atoms with Gasteiger partial charge in [0, 0.05) is 70.4 Å². The van der Waals surface area contributed by atoms with Crippen molar-refractivity contribution >= 4 is 46.4 Å². The standard InChI is InChI=1S/C34H28Cl2N8O2/c35-25-3-7-27(8-4-25)39-33(45)31-21-29(23-11-15-37-16-12-23)41-43(31)19-1-2-20-44-32(22-30(42-44)24-13-17-38-18-14-24)34(46)40-28-9-5-26(36)6-10-28/h3-18,21-22H,1-2,19-20H2,(H,39,45)(H,40,46). The Morgan fingerprint density at radius 2 is 0.935 bits per heavy atom. The summed E-state index contributed by atoms with van der Waals surface area (Å²) >= 11 is 12.0. The van der Waals surface area contributed by atoms with Gasteiger partial charge in [0.05, 0.1) is 11.4 Å². The third-order valence-electron chi connectivity index (χ3n) is 7.17. The van der Waals surface area contributed by atoms with Crippen molar-refractivity contribution in [1.29, 1.82) is 0 Å². The lowest BCUT2D eigenvalue weighted by atomic mass is 10.2. The minimum absolute atomic E-state index is 0.287. The van der Waals surface area contributed by atoms with Crippen molar-refractivity contribution in [2.45, 2.75) is 25.9 Å². The fourth-order valence-electron chi connectivity index (χ4n) is 4.85. The zero-order valence-electron chi connectivity index (χ0n) is 24.5. The average Bonchev–Trinajstić information content (AvgIpc) is 3.71. The molecule has 2 aromatic carbocycles. The minimum Gasteiger partial charge on any atom is -0.321 e. The van der Waals surface area contributed by atoms with Crippen molar-refractivity contribution in [3.63, 3.8) is 0 Å². The Bertz CT molecular complexity index is 1800. The van der Waals surface area contributed by atoms with Crippen molar-refractivity contribution in [3.8, 4) is 22.5 Å². The van der Waals surface area contributed by atoms with Gasteiger partial charge in [-0.05, 0) is 97.8 Å². The average molecular weight is 652 g/mol. The molecule has 0 aliphatic heterocycles. The van der Waals surface area contributed by atoms with Gasteiger partial charge < -0.3 is 10.6 Å². The van der Waals surface area contributed by atoms with Crippen molar-refractivity contribution in [2.24, 2.45) is 0 Å². The summed E-state index contributed by atoms with van der Waals surface area (Å²) in [5.74, 6) is -0.573. The molecule has 2 amide bonds. The van der Waals surface area contributed by atoms with Gasteiger partial charge in [-0.2, -0.15) is 10.2 Å². The van der Waals surface area contributed by atoms with E-state index in [-0.39, 0.29) is 11.8 Å². The summed E-state index contributed by atoms with van der Waals surface area (Å²) in [4.78, 5) is 34.9. The molecule has 10 nitrogen and oxygen atoms in total. The number of carbonyl (C=O) groups excluding carboxylic acids is 2. The van der Waals surface area contributed by atoms with Crippen LogP contribution >= 0.6 is 23.2 Å². The monoisotopic (exact) mass is 650 g/mol. The highest BCUT2D eigenvalue weighted by Crippen LogP contribution is 2.23. The Labute approximate surface area is 275 Å². The molecule has 46 heavy (non-hydrogen) atoms. The zero-order chi connectivity index (χ0) is 31.9. The van der Waals surface area contributed by atoms with Crippen LogP contribution in [0.25, 0.3) is 22.5 Å². The number of anilines is 2.